The lowest BCUT2D eigenvalue weighted by molar-refractivity contribution is 0.482. The molecule has 2 aromatic rings. The fourth-order valence-electron chi connectivity index (χ4n) is 1.88. The van der Waals surface area contributed by atoms with Gasteiger partial charge in [-0.05, 0) is 62.8 Å². The lowest BCUT2D eigenvalue weighted by Crippen LogP contribution is -2.29. The van der Waals surface area contributed by atoms with Crippen LogP contribution in [0.25, 0.3) is 0 Å². The molecule has 2 rings (SSSR count). The first kappa shape index (κ1) is 14.6. The number of hydrogen-bond donors (Lipinski definition) is 2. The maximum Gasteiger partial charge on any atom is 0.173 e. The van der Waals surface area contributed by atoms with E-state index in [4.69, 9.17) is 5.84 Å². The van der Waals surface area contributed by atoms with Gasteiger partial charge in [-0.15, -0.1) is 0 Å². The summed E-state index contributed by atoms with van der Waals surface area (Å²) in [5.41, 5.74) is 4.49. The van der Waals surface area contributed by atoms with Crippen LogP contribution in [0.15, 0.2) is 33.4 Å². The second-order valence-corrected chi connectivity index (χ2v) is 5.73. The molecule has 1 aromatic heterocycles. The molecule has 0 saturated carbocycles. The van der Waals surface area contributed by atoms with E-state index in [0.29, 0.717) is 12.0 Å². The van der Waals surface area contributed by atoms with Crippen LogP contribution in [0.1, 0.15) is 23.6 Å². The minimum absolute atomic E-state index is 0.126. The minimum Gasteiger partial charge on any atom is -0.271 e. The van der Waals surface area contributed by atoms with E-state index < -0.39 is 11.6 Å². The SMILES string of the molecule is NNC(CCc1ccsc1)c1ccc(F)c(F)c1Br. The van der Waals surface area contributed by atoms with Crippen LogP contribution in [0, 0.1) is 11.6 Å². The van der Waals surface area contributed by atoms with E-state index in [0.717, 1.165) is 12.5 Å². The molecular weight excluding hydrogens is 334 g/mol. The fraction of sp³-hybridized carbons (Fsp3) is 0.231. The molecule has 2 nitrogen and oxygen atoms in total. The number of benzene rings is 1. The standard InChI is InChI=1S/C13H13BrF2N2S/c14-12-9(2-3-10(15)13(12)16)11(18-17)4-1-8-5-6-19-7-8/h2-3,5-7,11,18H,1,4,17H2. The van der Waals surface area contributed by atoms with Crippen LogP contribution in [0.4, 0.5) is 8.78 Å². The van der Waals surface area contributed by atoms with Crippen molar-refractivity contribution in [1.82, 2.24) is 5.43 Å². The highest BCUT2D eigenvalue weighted by molar-refractivity contribution is 9.10. The summed E-state index contributed by atoms with van der Waals surface area (Å²) >= 11 is 4.71. The third kappa shape index (κ3) is 3.39. The highest BCUT2D eigenvalue weighted by Gasteiger charge is 2.18. The summed E-state index contributed by atoms with van der Waals surface area (Å²) in [6.07, 6.45) is 1.53. The molecule has 0 aliphatic heterocycles. The Bertz CT molecular complexity index is 546. The fourth-order valence-corrected chi connectivity index (χ4v) is 3.19. The summed E-state index contributed by atoms with van der Waals surface area (Å²) < 4.78 is 26.7. The first-order valence-electron chi connectivity index (χ1n) is 5.74. The predicted octanol–water partition coefficient (Wildman–Crippen LogP) is 3.93. The number of nitrogens with two attached hydrogens (primary N) is 1. The van der Waals surface area contributed by atoms with Crippen molar-refractivity contribution in [3.05, 3.63) is 56.2 Å². The molecule has 1 unspecified atom stereocenters. The quantitative estimate of drug-likeness (QED) is 0.489. The number of hydrazine groups is 1. The van der Waals surface area contributed by atoms with Gasteiger partial charge in [-0.1, -0.05) is 6.07 Å². The zero-order valence-electron chi connectivity index (χ0n) is 10.00. The molecule has 0 aliphatic carbocycles. The number of nitrogens with one attached hydrogen (secondary N) is 1. The molecule has 0 fully saturated rings. The van der Waals surface area contributed by atoms with Gasteiger partial charge in [0.25, 0.3) is 0 Å². The second-order valence-electron chi connectivity index (χ2n) is 4.15. The molecular formula is C13H13BrF2N2S. The van der Waals surface area contributed by atoms with Crippen LogP contribution < -0.4 is 11.3 Å². The smallest absolute Gasteiger partial charge is 0.173 e. The summed E-state index contributed by atoms with van der Waals surface area (Å²) in [6, 6.07) is 4.47. The number of aryl methyl sites for hydroxylation is 1. The number of hydrogen-bond acceptors (Lipinski definition) is 3. The Morgan fingerprint density at radius 3 is 2.74 bits per heavy atom. The van der Waals surface area contributed by atoms with Gasteiger partial charge >= 0.3 is 0 Å². The summed E-state index contributed by atoms with van der Waals surface area (Å²) in [7, 11) is 0. The number of thiophene rings is 1. The Kier molecular flexibility index (Phi) is 5.04. The Labute approximate surface area is 122 Å². The highest BCUT2D eigenvalue weighted by Crippen LogP contribution is 2.30. The van der Waals surface area contributed by atoms with Crippen LogP contribution >= 0.6 is 27.3 Å². The highest BCUT2D eigenvalue weighted by atomic mass is 79.9. The van der Waals surface area contributed by atoms with E-state index >= 15 is 0 Å². The van der Waals surface area contributed by atoms with Crippen molar-refractivity contribution in [3.63, 3.8) is 0 Å². The van der Waals surface area contributed by atoms with Crippen molar-refractivity contribution >= 4 is 27.3 Å². The van der Waals surface area contributed by atoms with E-state index in [1.807, 2.05) is 11.4 Å². The second kappa shape index (κ2) is 6.56. The summed E-state index contributed by atoms with van der Waals surface area (Å²) in [5, 5.41) is 4.07. The van der Waals surface area contributed by atoms with Gasteiger partial charge in [0.05, 0.1) is 4.47 Å². The predicted molar refractivity (Wildman–Crippen MR) is 76.8 cm³/mol. The van der Waals surface area contributed by atoms with Gasteiger partial charge in [-0.25, -0.2) is 8.78 Å². The third-order valence-electron chi connectivity index (χ3n) is 2.94. The molecule has 0 saturated heterocycles. The van der Waals surface area contributed by atoms with Crippen molar-refractivity contribution in [1.29, 1.82) is 0 Å². The monoisotopic (exact) mass is 346 g/mol. The maximum atomic E-state index is 13.5. The van der Waals surface area contributed by atoms with E-state index in [1.165, 1.54) is 5.56 Å². The van der Waals surface area contributed by atoms with Crippen molar-refractivity contribution in [2.45, 2.75) is 18.9 Å². The lowest BCUT2D eigenvalue weighted by Gasteiger charge is -2.18. The first-order valence-corrected chi connectivity index (χ1v) is 7.47. The van der Waals surface area contributed by atoms with E-state index in [-0.39, 0.29) is 10.5 Å². The molecule has 1 atom stereocenters. The Balaban J connectivity index is 2.15. The Hall–Kier alpha value is -0.820. The van der Waals surface area contributed by atoms with Crippen LogP contribution in [-0.2, 0) is 6.42 Å². The molecule has 1 aromatic carbocycles. The number of rotatable bonds is 5. The van der Waals surface area contributed by atoms with Crippen LogP contribution in [-0.4, -0.2) is 0 Å². The van der Waals surface area contributed by atoms with Gasteiger partial charge in [0.15, 0.2) is 11.6 Å². The normalized spacial score (nSPS) is 12.6. The summed E-state index contributed by atoms with van der Waals surface area (Å²) in [4.78, 5) is 0. The first-order chi connectivity index (χ1) is 9.13. The summed E-state index contributed by atoms with van der Waals surface area (Å²) in [5.74, 6) is 3.76. The topological polar surface area (TPSA) is 38.0 Å². The summed E-state index contributed by atoms with van der Waals surface area (Å²) in [6.45, 7) is 0. The molecule has 19 heavy (non-hydrogen) atoms. The van der Waals surface area contributed by atoms with Crippen molar-refractivity contribution in [2.24, 2.45) is 5.84 Å². The van der Waals surface area contributed by atoms with Gasteiger partial charge in [0.1, 0.15) is 0 Å². The van der Waals surface area contributed by atoms with Crippen LogP contribution in [0.5, 0.6) is 0 Å². The van der Waals surface area contributed by atoms with Gasteiger partial charge in [-0.3, -0.25) is 11.3 Å². The van der Waals surface area contributed by atoms with Crippen LogP contribution in [0.2, 0.25) is 0 Å². The van der Waals surface area contributed by atoms with E-state index in [9.17, 15) is 8.78 Å². The van der Waals surface area contributed by atoms with E-state index in [2.05, 4.69) is 26.7 Å². The molecule has 1 heterocycles. The van der Waals surface area contributed by atoms with Crippen molar-refractivity contribution in [2.75, 3.05) is 0 Å². The Morgan fingerprint density at radius 2 is 2.11 bits per heavy atom. The molecule has 0 spiro atoms. The molecule has 3 N–H and O–H groups in total. The molecule has 0 aliphatic rings. The average molecular weight is 347 g/mol. The van der Waals surface area contributed by atoms with Gasteiger partial charge in [-0.2, -0.15) is 11.3 Å². The van der Waals surface area contributed by atoms with E-state index in [1.54, 1.807) is 17.4 Å². The minimum atomic E-state index is -0.881. The van der Waals surface area contributed by atoms with Crippen LogP contribution in [0.3, 0.4) is 0 Å². The zero-order chi connectivity index (χ0) is 13.8. The number of halogens is 3. The average Bonchev–Trinajstić information content (AvgIpc) is 2.92. The van der Waals surface area contributed by atoms with Gasteiger partial charge < -0.3 is 0 Å². The molecule has 6 heteroatoms. The van der Waals surface area contributed by atoms with Gasteiger partial charge in [0, 0.05) is 6.04 Å². The zero-order valence-corrected chi connectivity index (χ0v) is 12.4. The molecule has 0 amide bonds. The van der Waals surface area contributed by atoms with Gasteiger partial charge in [0.2, 0.25) is 0 Å². The largest absolute Gasteiger partial charge is 0.271 e. The Morgan fingerprint density at radius 1 is 1.32 bits per heavy atom. The maximum absolute atomic E-state index is 13.5. The molecule has 102 valence electrons. The third-order valence-corrected chi connectivity index (χ3v) is 4.48. The van der Waals surface area contributed by atoms with Crippen molar-refractivity contribution < 1.29 is 8.78 Å². The van der Waals surface area contributed by atoms with Crippen molar-refractivity contribution in [3.8, 4) is 0 Å². The molecule has 0 bridgehead atoms. The molecule has 0 radical (unpaired) electrons. The lowest BCUT2D eigenvalue weighted by atomic mass is 10.0.